The molecule has 1 aromatic carbocycles. The molecule has 1 aromatic heterocycles. The average molecular weight is 323 g/mol. The Balaban J connectivity index is 1.78. The van der Waals surface area contributed by atoms with Crippen molar-refractivity contribution in [3.05, 3.63) is 41.6 Å². The number of fused-ring (bicyclic) bond motifs is 1. The highest BCUT2D eigenvalue weighted by atomic mass is 16.6. The molecule has 0 spiro atoms. The second-order valence-electron chi connectivity index (χ2n) is 6.98. The fourth-order valence-corrected chi connectivity index (χ4v) is 2.87. The van der Waals surface area contributed by atoms with Gasteiger partial charge in [0.25, 0.3) is 0 Å². The molecular weight excluding hydrogens is 302 g/mol. The lowest BCUT2D eigenvalue weighted by molar-refractivity contribution is 0.0270. The molecule has 124 valence electrons. The number of carbonyl (C=O) groups excluding carboxylic acids is 1. The topological polar surface area (TPSA) is 69.1 Å². The standard InChI is InChI=1S/C19H21N3O2/c1-19(2,3)24-18(23)22-8-6-14(7-9-22)16-12-21-17-10-13(11-20)4-5-15(16)17/h4-6,10,12,21H,7-9H2,1-3H3. The van der Waals surface area contributed by atoms with Crippen molar-refractivity contribution in [2.75, 3.05) is 13.1 Å². The largest absolute Gasteiger partial charge is 0.444 e. The fourth-order valence-electron chi connectivity index (χ4n) is 2.87. The van der Waals surface area contributed by atoms with Crippen LogP contribution in [-0.2, 0) is 4.74 Å². The van der Waals surface area contributed by atoms with Crippen LogP contribution in [-0.4, -0.2) is 34.7 Å². The Morgan fingerprint density at radius 3 is 2.79 bits per heavy atom. The van der Waals surface area contributed by atoms with Crippen molar-refractivity contribution in [3.8, 4) is 6.07 Å². The van der Waals surface area contributed by atoms with Crippen LogP contribution in [0.2, 0.25) is 0 Å². The lowest BCUT2D eigenvalue weighted by atomic mass is 9.98. The molecule has 1 N–H and O–H groups in total. The van der Waals surface area contributed by atoms with Gasteiger partial charge in [0.2, 0.25) is 0 Å². The van der Waals surface area contributed by atoms with E-state index in [0.717, 1.165) is 22.9 Å². The van der Waals surface area contributed by atoms with Gasteiger partial charge >= 0.3 is 6.09 Å². The molecular formula is C19H21N3O2. The number of nitriles is 1. The molecule has 1 aliphatic rings. The number of hydrogen-bond donors (Lipinski definition) is 1. The van der Waals surface area contributed by atoms with Crippen LogP contribution < -0.4 is 0 Å². The highest BCUT2D eigenvalue weighted by Gasteiger charge is 2.24. The number of carbonyl (C=O) groups is 1. The maximum Gasteiger partial charge on any atom is 0.410 e. The van der Waals surface area contributed by atoms with Gasteiger partial charge < -0.3 is 14.6 Å². The predicted octanol–water partition coefficient (Wildman–Crippen LogP) is 4.06. The number of aromatic amines is 1. The first-order valence-corrected chi connectivity index (χ1v) is 8.06. The SMILES string of the molecule is CC(C)(C)OC(=O)N1CC=C(c2c[nH]c3cc(C#N)ccc23)CC1. The van der Waals surface area contributed by atoms with Crippen LogP contribution in [0.3, 0.4) is 0 Å². The van der Waals surface area contributed by atoms with Gasteiger partial charge in [-0.25, -0.2) is 4.79 Å². The minimum absolute atomic E-state index is 0.268. The van der Waals surface area contributed by atoms with Crippen molar-refractivity contribution in [2.45, 2.75) is 32.8 Å². The van der Waals surface area contributed by atoms with Gasteiger partial charge in [0.05, 0.1) is 11.6 Å². The molecule has 24 heavy (non-hydrogen) atoms. The highest BCUT2D eigenvalue weighted by molar-refractivity contribution is 5.93. The monoisotopic (exact) mass is 323 g/mol. The third-order valence-electron chi connectivity index (χ3n) is 4.02. The molecule has 0 fully saturated rings. The van der Waals surface area contributed by atoms with Crippen molar-refractivity contribution in [3.63, 3.8) is 0 Å². The molecule has 0 aliphatic carbocycles. The van der Waals surface area contributed by atoms with E-state index in [-0.39, 0.29) is 6.09 Å². The first-order chi connectivity index (χ1) is 11.4. The van der Waals surface area contributed by atoms with Crippen LogP contribution in [0.15, 0.2) is 30.5 Å². The van der Waals surface area contributed by atoms with Crippen molar-refractivity contribution >= 4 is 22.6 Å². The minimum atomic E-state index is -0.476. The zero-order valence-corrected chi connectivity index (χ0v) is 14.2. The smallest absolute Gasteiger partial charge is 0.410 e. The number of nitrogens with one attached hydrogen (secondary N) is 1. The first-order valence-electron chi connectivity index (χ1n) is 8.06. The second-order valence-corrected chi connectivity index (χ2v) is 6.98. The summed E-state index contributed by atoms with van der Waals surface area (Å²) in [6.45, 7) is 6.81. The molecule has 1 aliphatic heterocycles. The Morgan fingerprint density at radius 2 is 2.17 bits per heavy atom. The van der Waals surface area contributed by atoms with Gasteiger partial charge in [0.15, 0.2) is 0 Å². The molecule has 5 nitrogen and oxygen atoms in total. The number of H-pyrrole nitrogens is 1. The Hall–Kier alpha value is -2.74. The van der Waals surface area contributed by atoms with E-state index in [1.54, 1.807) is 4.90 Å². The van der Waals surface area contributed by atoms with Gasteiger partial charge in [-0.2, -0.15) is 5.26 Å². The number of amides is 1. The van der Waals surface area contributed by atoms with E-state index in [2.05, 4.69) is 17.1 Å². The van der Waals surface area contributed by atoms with Crippen molar-refractivity contribution in [2.24, 2.45) is 0 Å². The maximum atomic E-state index is 12.1. The zero-order chi connectivity index (χ0) is 17.3. The summed E-state index contributed by atoms with van der Waals surface area (Å²) in [5.41, 5.74) is 3.48. The van der Waals surface area contributed by atoms with Crippen LogP contribution in [0, 0.1) is 11.3 Å². The third-order valence-corrected chi connectivity index (χ3v) is 4.02. The Bertz CT molecular complexity index is 850. The number of aromatic nitrogens is 1. The Labute approximate surface area is 141 Å². The summed E-state index contributed by atoms with van der Waals surface area (Å²) in [6, 6.07) is 7.81. The van der Waals surface area contributed by atoms with E-state index >= 15 is 0 Å². The van der Waals surface area contributed by atoms with Gasteiger partial charge in [-0.15, -0.1) is 0 Å². The molecule has 0 bridgehead atoms. The van der Waals surface area contributed by atoms with E-state index in [9.17, 15) is 4.79 Å². The Kier molecular flexibility index (Phi) is 4.06. The number of ether oxygens (including phenoxy) is 1. The molecule has 2 heterocycles. The summed E-state index contributed by atoms with van der Waals surface area (Å²) >= 11 is 0. The van der Waals surface area contributed by atoms with Gasteiger partial charge in [-0.3, -0.25) is 0 Å². The molecule has 1 amide bonds. The van der Waals surface area contributed by atoms with E-state index < -0.39 is 5.60 Å². The maximum absolute atomic E-state index is 12.1. The third kappa shape index (κ3) is 3.28. The molecule has 3 rings (SSSR count). The number of hydrogen-bond acceptors (Lipinski definition) is 3. The predicted molar refractivity (Wildman–Crippen MR) is 93.4 cm³/mol. The quantitative estimate of drug-likeness (QED) is 0.860. The Morgan fingerprint density at radius 1 is 1.38 bits per heavy atom. The lowest BCUT2D eigenvalue weighted by Gasteiger charge is -2.29. The number of rotatable bonds is 1. The van der Waals surface area contributed by atoms with Gasteiger partial charge in [0.1, 0.15) is 5.60 Å². The molecule has 0 atom stereocenters. The molecule has 0 radical (unpaired) electrons. The highest BCUT2D eigenvalue weighted by Crippen LogP contribution is 2.30. The first kappa shape index (κ1) is 16.1. The summed E-state index contributed by atoms with van der Waals surface area (Å²) in [4.78, 5) is 17.1. The zero-order valence-electron chi connectivity index (χ0n) is 14.2. The molecule has 0 saturated carbocycles. The van der Waals surface area contributed by atoms with Crippen molar-refractivity contribution in [1.82, 2.24) is 9.88 Å². The van der Waals surface area contributed by atoms with Crippen LogP contribution >= 0.6 is 0 Å². The van der Waals surface area contributed by atoms with Crippen molar-refractivity contribution in [1.29, 1.82) is 5.26 Å². The molecule has 2 aromatic rings. The second kappa shape index (κ2) is 6.04. The van der Waals surface area contributed by atoms with Gasteiger partial charge in [-0.05, 0) is 44.9 Å². The molecule has 0 unspecified atom stereocenters. The lowest BCUT2D eigenvalue weighted by Crippen LogP contribution is -2.39. The normalized spacial score (nSPS) is 15.1. The summed E-state index contributed by atoms with van der Waals surface area (Å²) < 4.78 is 5.42. The van der Waals surface area contributed by atoms with Crippen LogP contribution in [0.5, 0.6) is 0 Å². The van der Waals surface area contributed by atoms with Crippen LogP contribution in [0.4, 0.5) is 4.79 Å². The number of benzene rings is 1. The van der Waals surface area contributed by atoms with Crippen LogP contribution in [0.1, 0.15) is 38.3 Å². The molecule has 5 heteroatoms. The van der Waals surface area contributed by atoms with Gasteiger partial charge in [0, 0.05) is 35.8 Å². The summed E-state index contributed by atoms with van der Waals surface area (Å²) in [5.74, 6) is 0. The van der Waals surface area contributed by atoms with Crippen molar-refractivity contribution < 1.29 is 9.53 Å². The summed E-state index contributed by atoms with van der Waals surface area (Å²) in [7, 11) is 0. The minimum Gasteiger partial charge on any atom is -0.444 e. The van der Waals surface area contributed by atoms with Crippen LogP contribution in [0.25, 0.3) is 16.5 Å². The van der Waals surface area contributed by atoms with E-state index in [1.807, 2.05) is 45.2 Å². The van der Waals surface area contributed by atoms with E-state index in [4.69, 9.17) is 10.00 Å². The summed E-state index contributed by atoms with van der Waals surface area (Å²) in [5, 5.41) is 10.1. The van der Waals surface area contributed by atoms with E-state index in [0.29, 0.717) is 18.7 Å². The average Bonchev–Trinajstić information content (AvgIpc) is 2.96. The molecule has 0 saturated heterocycles. The van der Waals surface area contributed by atoms with Gasteiger partial charge in [-0.1, -0.05) is 12.1 Å². The number of nitrogens with zero attached hydrogens (tertiary/aromatic N) is 2. The summed E-state index contributed by atoms with van der Waals surface area (Å²) in [6.07, 6.45) is 4.57. The van der Waals surface area contributed by atoms with E-state index in [1.165, 1.54) is 5.57 Å². The fraction of sp³-hybridized carbons (Fsp3) is 0.368.